The predicted octanol–water partition coefficient (Wildman–Crippen LogP) is 4.29. The Balaban J connectivity index is 1.84. The monoisotopic (exact) mass is 390 g/mol. The van der Waals surface area contributed by atoms with E-state index in [0.29, 0.717) is 22.3 Å². The van der Waals surface area contributed by atoms with Gasteiger partial charge in [-0.25, -0.2) is 4.39 Å². The van der Waals surface area contributed by atoms with Crippen LogP contribution in [0.5, 0.6) is 0 Å². The molecule has 0 spiro atoms. The van der Waals surface area contributed by atoms with Gasteiger partial charge in [-0.15, -0.1) is 0 Å². The lowest BCUT2D eigenvalue weighted by Gasteiger charge is -2.22. The van der Waals surface area contributed by atoms with Crippen LogP contribution in [0.4, 0.5) is 10.2 Å². The average Bonchev–Trinajstić information content (AvgIpc) is 3.24. The molecule has 4 aromatic rings. The van der Waals surface area contributed by atoms with Gasteiger partial charge in [0.05, 0.1) is 17.0 Å². The zero-order chi connectivity index (χ0) is 20.3. The minimum Gasteiger partial charge on any atom is -0.450 e. The molecule has 1 atom stereocenters. The van der Waals surface area contributed by atoms with Crippen LogP contribution < -0.4 is 10.3 Å². The molecule has 2 aromatic carbocycles. The highest BCUT2D eigenvalue weighted by Gasteiger charge is 2.45. The molecule has 3 heterocycles. The number of rotatable bonds is 2. The number of aryl methyl sites for hydroxylation is 2. The van der Waals surface area contributed by atoms with Gasteiger partial charge in [0.15, 0.2) is 11.2 Å². The highest BCUT2D eigenvalue weighted by atomic mass is 19.1. The van der Waals surface area contributed by atoms with Gasteiger partial charge in [0.1, 0.15) is 17.2 Å². The first-order chi connectivity index (χ1) is 13.9. The van der Waals surface area contributed by atoms with Crippen LogP contribution in [0.3, 0.4) is 0 Å². The number of amides is 1. The summed E-state index contributed by atoms with van der Waals surface area (Å²) in [6.07, 6.45) is 0. The van der Waals surface area contributed by atoms with Crippen LogP contribution in [-0.2, 0) is 0 Å². The number of hydrogen-bond donors (Lipinski definition) is 0. The Morgan fingerprint density at radius 1 is 1.07 bits per heavy atom. The lowest BCUT2D eigenvalue weighted by molar-refractivity contribution is 0.0969. The topological polar surface area (TPSA) is 76.6 Å². The van der Waals surface area contributed by atoms with Crippen LogP contribution in [-0.4, -0.2) is 11.1 Å². The molecule has 0 radical (unpaired) electrons. The molecule has 29 heavy (non-hydrogen) atoms. The molecule has 0 saturated heterocycles. The molecule has 0 unspecified atom stereocenters. The van der Waals surface area contributed by atoms with E-state index in [1.54, 1.807) is 37.3 Å². The van der Waals surface area contributed by atoms with E-state index in [2.05, 4.69) is 5.16 Å². The van der Waals surface area contributed by atoms with Gasteiger partial charge in [0.2, 0.25) is 5.76 Å². The van der Waals surface area contributed by atoms with Gasteiger partial charge in [-0.3, -0.25) is 14.5 Å². The predicted molar refractivity (Wildman–Crippen MR) is 104 cm³/mol. The van der Waals surface area contributed by atoms with Crippen LogP contribution in [0.15, 0.2) is 62.3 Å². The molecule has 0 aliphatic carbocycles. The van der Waals surface area contributed by atoms with E-state index >= 15 is 0 Å². The summed E-state index contributed by atoms with van der Waals surface area (Å²) < 4.78 is 25.0. The van der Waals surface area contributed by atoms with Crippen molar-refractivity contribution in [3.05, 3.63) is 92.8 Å². The fourth-order valence-electron chi connectivity index (χ4n) is 3.78. The summed E-state index contributed by atoms with van der Waals surface area (Å²) in [7, 11) is 0. The zero-order valence-corrected chi connectivity index (χ0v) is 15.6. The molecule has 0 N–H and O–H groups in total. The van der Waals surface area contributed by atoms with Crippen LogP contribution in [0, 0.1) is 19.7 Å². The number of anilines is 1. The van der Waals surface area contributed by atoms with Gasteiger partial charge < -0.3 is 8.94 Å². The molecule has 0 fully saturated rings. The highest BCUT2D eigenvalue weighted by Crippen LogP contribution is 2.41. The molecular formula is C22H15FN2O4. The molecule has 1 aliphatic rings. The molecule has 1 aliphatic heterocycles. The summed E-state index contributed by atoms with van der Waals surface area (Å²) in [5.74, 6) is -0.335. The lowest BCUT2D eigenvalue weighted by atomic mass is 9.98. The Morgan fingerprint density at radius 2 is 1.90 bits per heavy atom. The van der Waals surface area contributed by atoms with Crippen molar-refractivity contribution in [2.24, 2.45) is 0 Å². The van der Waals surface area contributed by atoms with E-state index in [4.69, 9.17) is 8.94 Å². The van der Waals surface area contributed by atoms with Crippen molar-refractivity contribution in [2.75, 3.05) is 4.90 Å². The normalized spacial score (nSPS) is 15.9. The second-order valence-corrected chi connectivity index (χ2v) is 7.10. The van der Waals surface area contributed by atoms with E-state index in [0.717, 1.165) is 5.56 Å². The molecule has 7 heteroatoms. The van der Waals surface area contributed by atoms with Crippen LogP contribution >= 0.6 is 0 Å². The quantitative estimate of drug-likeness (QED) is 0.510. The van der Waals surface area contributed by atoms with Crippen molar-refractivity contribution in [1.29, 1.82) is 0 Å². The lowest BCUT2D eigenvalue weighted by Crippen LogP contribution is -2.29. The third kappa shape index (κ3) is 2.58. The third-order valence-electron chi connectivity index (χ3n) is 5.05. The summed E-state index contributed by atoms with van der Waals surface area (Å²) in [5, 5.41) is 4.31. The second kappa shape index (κ2) is 6.13. The van der Waals surface area contributed by atoms with E-state index in [9.17, 15) is 14.0 Å². The van der Waals surface area contributed by atoms with Crippen LogP contribution in [0.25, 0.3) is 11.0 Å². The summed E-state index contributed by atoms with van der Waals surface area (Å²) in [4.78, 5) is 28.0. The van der Waals surface area contributed by atoms with Gasteiger partial charge in [-0.1, -0.05) is 28.9 Å². The maximum Gasteiger partial charge on any atom is 0.296 e. The molecule has 6 nitrogen and oxygen atoms in total. The Hall–Kier alpha value is -3.74. The molecule has 5 rings (SSSR count). The highest BCUT2D eigenvalue weighted by molar-refractivity contribution is 6.10. The van der Waals surface area contributed by atoms with Crippen LogP contribution in [0.1, 0.15) is 39.0 Å². The molecule has 1 amide bonds. The van der Waals surface area contributed by atoms with Crippen molar-refractivity contribution in [1.82, 2.24) is 5.16 Å². The van der Waals surface area contributed by atoms with Crippen LogP contribution in [0.2, 0.25) is 0 Å². The van der Waals surface area contributed by atoms with Gasteiger partial charge in [-0.05, 0) is 43.7 Å². The van der Waals surface area contributed by atoms with E-state index in [1.807, 2.05) is 6.92 Å². The van der Waals surface area contributed by atoms with Gasteiger partial charge >= 0.3 is 0 Å². The third-order valence-corrected chi connectivity index (χ3v) is 5.05. The largest absolute Gasteiger partial charge is 0.450 e. The fraction of sp³-hybridized carbons (Fsp3) is 0.136. The SMILES string of the molecule is Cc1ccc2oc3c(c(=O)c2c1)[C@H](c1cccc(F)c1)N(c1cc(C)on1)C3=O. The first-order valence-electron chi connectivity index (χ1n) is 9.04. The summed E-state index contributed by atoms with van der Waals surface area (Å²) in [6.45, 7) is 3.56. The first-order valence-corrected chi connectivity index (χ1v) is 9.04. The summed E-state index contributed by atoms with van der Waals surface area (Å²) in [6, 6.07) is 11.7. The molecular weight excluding hydrogens is 375 g/mol. The van der Waals surface area contributed by atoms with E-state index in [-0.39, 0.29) is 22.6 Å². The van der Waals surface area contributed by atoms with Crippen molar-refractivity contribution in [2.45, 2.75) is 19.9 Å². The molecule has 2 aromatic heterocycles. The summed E-state index contributed by atoms with van der Waals surface area (Å²) in [5.41, 5.74) is 1.50. The average molecular weight is 390 g/mol. The minimum absolute atomic E-state index is 0.0683. The minimum atomic E-state index is -0.876. The Labute approximate surface area is 164 Å². The number of carbonyl (C=O) groups excluding carboxylic acids is 1. The summed E-state index contributed by atoms with van der Waals surface area (Å²) >= 11 is 0. The number of benzene rings is 2. The standard InChI is InChI=1S/C22H15FN2O4/c1-11-6-7-16-15(8-11)20(26)18-19(13-4-3-5-14(23)10-13)25(22(27)21(18)28-16)17-9-12(2)29-24-17/h3-10,19H,1-2H3/t19-/m0/s1. The molecule has 0 saturated carbocycles. The van der Waals surface area contributed by atoms with E-state index in [1.165, 1.54) is 23.1 Å². The Bertz CT molecular complexity index is 1350. The second-order valence-electron chi connectivity index (χ2n) is 7.10. The maximum absolute atomic E-state index is 14.0. The number of halogens is 1. The maximum atomic E-state index is 14.0. The fourth-order valence-corrected chi connectivity index (χ4v) is 3.78. The zero-order valence-electron chi connectivity index (χ0n) is 15.6. The number of aromatic nitrogens is 1. The van der Waals surface area contributed by atoms with Gasteiger partial charge in [0.25, 0.3) is 5.91 Å². The first kappa shape index (κ1) is 17.4. The van der Waals surface area contributed by atoms with Crippen molar-refractivity contribution < 1.29 is 18.1 Å². The number of hydrogen-bond acceptors (Lipinski definition) is 5. The Kier molecular flexibility index (Phi) is 3.67. The van der Waals surface area contributed by atoms with Gasteiger partial charge in [0, 0.05) is 6.07 Å². The van der Waals surface area contributed by atoms with Gasteiger partial charge in [-0.2, -0.15) is 0 Å². The molecule has 144 valence electrons. The van der Waals surface area contributed by atoms with E-state index < -0.39 is 17.8 Å². The number of carbonyl (C=O) groups is 1. The molecule has 0 bridgehead atoms. The van der Waals surface area contributed by atoms with Crippen molar-refractivity contribution >= 4 is 22.7 Å². The smallest absolute Gasteiger partial charge is 0.296 e. The number of fused-ring (bicyclic) bond motifs is 2. The Morgan fingerprint density at radius 3 is 2.62 bits per heavy atom. The van der Waals surface area contributed by atoms with Crippen molar-refractivity contribution in [3.8, 4) is 0 Å². The number of nitrogens with zero attached hydrogens (tertiary/aromatic N) is 2. The van der Waals surface area contributed by atoms with Crippen molar-refractivity contribution in [3.63, 3.8) is 0 Å².